The van der Waals surface area contributed by atoms with Gasteiger partial charge in [-0.2, -0.15) is 10.1 Å². The first kappa shape index (κ1) is 17.1. The lowest BCUT2D eigenvalue weighted by Crippen LogP contribution is -2.23. The average molecular weight is 355 g/mol. The Balaban J connectivity index is 1.59. The van der Waals surface area contributed by atoms with Crippen molar-refractivity contribution in [2.45, 2.75) is 13.0 Å². The van der Waals surface area contributed by atoms with Crippen LogP contribution in [0.5, 0.6) is 0 Å². The number of benzene rings is 1. The van der Waals surface area contributed by atoms with Gasteiger partial charge in [0, 0.05) is 37.6 Å². The maximum atomic E-state index is 6.17. The van der Waals surface area contributed by atoms with E-state index in [2.05, 4.69) is 25.5 Å². The van der Waals surface area contributed by atoms with E-state index in [0.29, 0.717) is 18.3 Å². The number of hydrogen-bond acceptors (Lipinski definition) is 6. The zero-order chi connectivity index (χ0) is 17.5. The van der Waals surface area contributed by atoms with Gasteiger partial charge in [-0.05, 0) is 35.7 Å². The van der Waals surface area contributed by atoms with Gasteiger partial charge in [0.05, 0.1) is 6.20 Å². The van der Waals surface area contributed by atoms with Crippen LogP contribution in [0.1, 0.15) is 11.1 Å². The van der Waals surface area contributed by atoms with Crippen molar-refractivity contribution in [2.75, 3.05) is 23.8 Å². The largest absolute Gasteiger partial charge is 0.364 e. The smallest absolute Gasteiger partial charge is 0.247 e. The maximum absolute atomic E-state index is 6.17. The van der Waals surface area contributed by atoms with Crippen LogP contribution in [0.4, 0.5) is 11.8 Å². The van der Waals surface area contributed by atoms with Gasteiger partial charge in [-0.3, -0.25) is 4.98 Å². The second kappa shape index (κ2) is 8.39. The second-order valence-electron chi connectivity index (χ2n) is 5.61. The molecule has 3 aromatic rings. The Labute approximate surface area is 151 Å². The van der Waals surface area contributed by atoms with Crippen molar-refractivity contribution >= 4 is 23.4 Å². The number of anilines is 2. The normalized spacial score (nSPS) is 10.5. The molecule has 6 nitrogen and oxygen atoms in total. The Bertz CT molecular complexity index is 811. The molecule has 3 rings (SSSR count). The number of pyridine rings is 1. The molecule has 1 aromatic carbocycles. The predicted octanol–water partition coefficient (Wildman–Crippen LogP) is 3.21. The van der Waals surface area contributed by atoms with E-state index in [0.717, 1.165) is 23.6 Å². The van der Waals surface area contributed by atoms with E-state index < -0.39 is 0 Å². The van der Waals surface area contributed by atoms with Gasteiger partial charge in [0.2, 0.25) is 5.95 Å². The third kappa shape index (κ3) is 4.87. The van der Waals surface area contributed by atoms with Gasteiger partial charge in [-0.25, -0.2) is 0 Å². The molecule has 0 bridgehead atoms. The molecular weight excluding hydrogens is 336 g/mol. The topological polar surface area (TPSA) is 66.8 Å². The quantitative estimate of drug-likeness (QED) is 0.702. The molecule has 0 aliphatic heterocycles. The highest BCUT2D eigenvalue weighted by molar-refractivity contribution is 6.31. The fourth-order valence-corrected chi connectivity index (χ4v) is 2.52. The molecule has 0 spiro atoms. The highest BCUT2D eigenvalue weighted by Gasteiger charge is 2.07. The first-order valence-corrected chi connectivity index (χ1v) is 8.37. The van der Waals surface area contributed by atoms with Gasteiger partial charge in [-0.15, -0.1) is 5.10 Å². The maximum Gasteiger partial charge on any atom is 0.247 e. The fraction of sp³-hybridized carbons (Fsp3) is 0.222. The third-order valence-electron chi connectivity index (χ3n) is 3.79. The van der Waals surface area contributed by atoms with E-state index in [-0.39, 0.29) is 0 Å². The van der Waals surface area contributed by atoms with Crippen LogP contribution in [0, 0.1) is 0 Å². The summed E-state index contributed by atoms with van der Waals surface area (Å²) in [6.07, 6.45) is 6.09. The minimum absolute atomic E-state index is 0.582. The number of hydrogen-bond donors (Lipinski definition) is 1. The summed E-state index contributed by atoms with van der Waals surface area (Å²) in [6, 6.07) is 11.7. The van der Waals surface area contributed by atoms with Crippen LogP contribution in [0.25, 0.3) is 0 Å². The molecule has 2 heterocycles. The first-order chi connectivity index (χ1) is 12.2. The fourth-order valence-electron chi connectivity index (χ4n) is 2.31. The zero-order valence-electron chi connectivity index (χ0n) is 13.9. The summed E-state index contributed by atoms with van der Waals surface area (Å²) in [7, 11) is 1.95. The third-order valence-corrected chi connectivity index (χ3v) is 4.16. The van der Waals surface area contributed by atoms with Crippen molar-refractivity contribution in [3.05, 3.63) is 71.1 Å². The van der Waals surface area contributed by atoms with Crippen molar-refractivity contribution in [1.29, 1.82) is 0 Å². The number of rotatable bonds is 7. The molecule has 1 N–H and O–H groups in total. The summed E-state index contributed by atoms with van der Waals surface area (Å²) in [5.74, 6) is 1.25. The number of nitrogens with one attached hydrogen (secondary N) is 1. The Morgan fingerprint density at radius 1 is 1.12 bits per heavy atom. The van der Waals surface area contributed by atoms with Crippen LogP contribution in [0.2, 0.25) is 5.02 Å². The van der Waals surface area contributed by atoms with Crippen LogP contribution in [0.3, 0.4) is 0 Å². The van der Waals surface area contributed by atoms with Crippen molar-refractivity contribution < 1.29 is 0 Å². The van der Waals surface area contributed by atoms with Crippen LogP contribution in [-0.4, -0.2) is 33.8 Å². The van der Waals surface area contributed by atoms with Gasteiger partial charge in [-0.1, -0.05) is 29.8 Å². The number of halogens is 1. The molecule has 0 fully saturated rings. The van der Waals surface area contributed by atoms with E-state index in [1.165, 1.54) is 5.56 Å². The second-order valence-corrected chi connectivity index (χ2v) is 6.02. The number of nitrogens with zero attached hydrogens (tertiary/aromatic N) is 5. The molecule has 25 heavy (non-hydrogen) atoms. The summed E-state index contributed by atoms with van der Waals surface area (Å²) >= 11 is 6.17. The SMILES string of the molecule is CN(CCc1ccncc1)c1nncc(NCc2ccccc2Cl)n1. The Hall–Kier alpha value is -2.73. The Kier molecular flexibility index (Phi) is 5.74. The van der Waals surface area contributed by atoms with Crippen LogP contribution >= 0.6 is 11.6 Å². The number of aromatic nitrogens is 4. The van der Waals surface area contributed by atoms with Crippen molar-refractivity contribution in [3.8, 4) is 0 Å². The summed E-state index contributed by atoms with van der Waals surface area (Å²) in [5, 5.41) is 12.1. The van der Waals surface area contributed by atoms with E-state index in [1.807, 2.05) is 48.3 Å². The molecule has 0 amide bonds. The predicted molar refractivity (Wildman–Crippen MR) is 99.8 cm³/mol. The summed E-state index contributed by atoms with van der Waals surface area (Å²) in [4.78, 5) is 10.5. The van der Waals surface area contributed by atoms with Crippen molar-refractivity contribution in [3.63, 3.8) is 0 Å². The molecule has 0 aliphatic carbocycles. The molecule has 0 aliphatic rings. The monoisotopic (exact) mass is 354 g/mol. The van der Waals surface area contributed by atoms with E-state index >= 15 is 0 Å². The first-order valence-electron chi connectivity index (χ1n) is 7.99. The molecule has 0 saturated heterocycles. The Morgan fingerprint density at radius 3 is 2.72 bits per heavy atom. The molecule has 0 saturated carbocycles. The average Bonchev–Trinajstić information content (AvgIpc) is 2.66. The minimum atomic E-state index is 0.582. The lowest BCUT2D eigenvalue weighted by atomic mass is 10.2. The van der Waals surface area contributed by atoms with Crippen molar-refractivity contribution in [2.24, 2.45) is 0 Å². The van der Waals surface area contributed by atoms with Gasteiger partial charge < -0.3 is 10.2 Å². The highest BCUT2D eigenvalue weighted by atomic mass is 35.5. The highest BCUT2D eigenvalue weighted by Crippen LogP contribution is 2.16. The van der Waals surface area contributed by atoms with Crippen LogP contribution < -0.4 is 10.2 Å². The number of likely N-dealkylation sites (N-methyl/N-ethyl adjacent to an activating group) is 1. The molecule has 0 unspecified atom stereocenters. The zero-order valence-corrected chi connectivity index (χ0v) is 14.7. The van der Waals surface area contributed by atoms with Crippen LogP contribution in [-0.2, 0) is 13.0 Å². The molecular formula is C18H19ClN6. The van der Waals surface area contributed by atoms with Gasteiger partial charge in [0.25, 0.3) is 0 Å². The molecule has 7 heteroatoms. The minimum Gasteiger partial charge on any atom is -0.364 e. The molecule has 128 valence electrons. The molecule has 0 atom stereocenters. The summed E-state index contributed by atoms with van der Waals surface area (Å²) in [6.45, 7) is 1.37. The van der Waals surface area contributed by atoms with Gasteiger partial charge in [0.15, 0.2) is 5.82 Å². The van der Waals surface area contributed by atoms with Crippen LogP contribution in [0.15, 0.2) is 55.0 Å². The lowest BCUT2D eigenvalue weighted by molar-refractivity contribution is 0.810. The standard InChI is InChI=1S/C18H19ClN6/c1-25(11-8-14-6-9-20-10-7-14)18-23-17(13-22-24-18)21-12-15-4-2-3-5-16(15)19/h2-7,9-10,13H,8,11-12H2,1H3,(H,21,23,24). The summed E-state index contributed by atoms with van der Waals surface area (Å²) < 4.78 is 0. The van der Waals surface area contributed by atoms with Crippen molar-refractivity contribution in [1.82, 2.24) is 20.2 Å². The van der Waals surface area contributed by atoms with E-state index in [1.54, 1.807) is 18.6 Å². The van der Waals surface area contributed by atoms with E-state index in [4.69, 9.17) is 11.6 Å². The molecule has 2 aromatic heterocycles. The lowest BCUT2D eigenvalue weighted by Gasteiger charge is -2.17. The van der Waals surface area contributed by atoms with Gasteiger partial charge in [0.1, 0.15) is 0 Å². The van der Waals surface area contributed by atoms with Gasteiger partial charge >= 0.3 is 0 Å². The summed E-state index contributed by atoms with van der Waals surface area (Å²) in [5.41, 5.74) is 2.23. The Morgan fingerprint density at radius 2 is 1.92 bits per heavy atom. The van der Waals surface area contributed by atoms with E-state index in [9.17, 15) is 0 Å². The molecule has 0 radical (unpaired) electrons.